The predicted molar refractivity (Wildman–Crippen MR) is 130 cm³/mol. The molecule has 1 unspecified atom stereocenters. The summed E-state index contributed by atoms with van der Waals surface area (Å²) in [6.07, 6.45) is -2.18. The molecule has 2 aromatic rings. The monoisotopic (exact) mass is 543 g/mol. The maximum Gasteiger partial charge on any atom is 0.351 e. The number of aryl methyl sites for hydroxylation is 1. The standard InChI is InChI=1S/C19H26N5O10P.B.H3N/c1-9-6-24(19(29)22-17(9)27)15-4-10(26)13(33-15)8-31-35(30)34-11-5-16(32-12(11)7-25)23-3-2-14(20)21-18(23)28;;/h2-3,6,10-13,15-16,25-26,30H,4-5,7-8H2,1H3,(H2,20,21,28)(H,22,27,29);;1H3/t10-,11-,12+,13+,15+,16+,35?;;/m0../s1. The number of aliphatic hydroxyl groups excluding tert-OH is 2. The molecule has 0 saturated carbocycles. The van der Waals surface area contributed by atoms with E-state index in [0.717, 1.165) is 0 Å². The molecule has 0 aliphatic carbocycles. The highest BCUT2D eigenvalue weighted by molar-refractivity contribution is 7.40. The van der Waals surface area contributed by atoms with E-state index in [-0.39, 0.29) is 39.8 Å². The Morgan fingerprint density at radius 1 is 1.22 bits per heavy atom. The number of hydrogen-bond donors (Lipinski definition) is 6. The van der Waals surface area contributed by atoms with Crippen molar-refractivity contribution >= 4 is 22.8 Å². The number of H-pyrrole nitrogens is 1. The van der Waals surface area contributed by atoms with E-state index >= 15 is 0 Å². The van der Waals surface area contributed by atoms with E-state index in [1.54, 1.807) is 0 Å². The van der Waals surface area contributed by atoms with Crippen LogP contribution in [0.1, 0.15) is 30.9 Å². The van der Waals surface area contributed by atoms with Gasteiger partial charge in [-0.05, 0) is 13.0 Å². The van der Waals surface area contributed by atoms with Crippen LogP contribution in [-0.2, 0) is 18.5 Å². The van der Waals surface area contributed by atoms with Crippen LogP contribution < -0.4 is 28.8 Å². The van der Waals surface area contributed by atoms with Crippen LogP contribution in [0.4, 0.5) is 5.82 Å². The van der Waals surface area contributed by atoms with Crippen molar-refractivity contribution in [1.82, 2.24) is 25.3 Å². The van der Waals surface area contributed by atoms with Crippen molar-refractivity contribution in [1.29, 1.82) is 0 Å². The normalized spacial score (nSPS) is 27.9. The van der Waals surface area contributed by atoms with Crippen molar-refractivity contribution in [3.8, 4) is 0 Å². The number of hydrogen-bond acceptors (Lipinski definition) is 13. The smallest absolute Gasteiger partial charge is 0.351 e. The Bertz CT molecular complexity index is 1230. The summed E-state index contributed by atoms with van der Waals surface area (Å²) in [5.74, 6) is 0.0575. The highest BCUT2D eigenvalue weighted by Crippen LogP contribution is 2.42. The Balaban J connectivity index is 0.00000241. The van der Waals surface area contributed by atoms with Crippen molar-refractivity contribution in [2.24, 2.45) is 0 Å². The summed E-state index contributed by atoms with van der Waals surface area (Å²) in [6, 6.07) is 1.43. The van der Waals surface area contributed by atoms with Gasteiger partial charge in [0.05, 0.1) is 25.4 Å². The Hall–Kier alpha value is -2.47. The quantitative estimate of drug-likeness (QED) is 0.156. The van der Waals surface area contributed by atoms with Gasteiger partial charge in [0.1, 0.15) is 30.5 Å². The molecule has 16 nitrogen and oxygen atoms in total. The van der Waals surface area contributed by atoms with Gasteiger partial charge in [-0.1, -0.05) is 0 Å². The molecule has 0 bridgehead atoms. The number of anilines is 1. The van der Waals surface area contributed by atoms with Crippen molar-refractivity contribution in [3.63, 3.8) is 0 Å². The van der Waals surface area contributed by atoms with Crippen molar-refractivity contribution in [2.45, 2.75) is 56.6 Å². The second-order valence-electron chi connectivity index (χ2n) is 8.18. The molecule has 4 heterocycles. The van der Waals surface area contributed by atoms with E-state index in [1.165, 1.54) is 34.5 Å². The first-order valence-corrected chi connectivity index (χ1v) is 11.8. The number of nitrogen functional groups attached to an aromatic ring is 1. The Morgan fingerprint density at radius 2 is 1.89 bits per heavy atom. The molecular weight excluding hydrogens is 514 g/mol. The van der Waals surface area contributed by atoms with Crippen LogP contribution in [-0.4, -0.2) is 80.3 Å². The van der Waals surface area contributed by atoms with Gasteiger partial charge < -0.3 is 45.5 Å². The maximum atomic E-state index is 12.1. The minimum atomic E-state index is -2.47. The molecule has 0 spiro atoms. The number of aromatic nitrogens is 4. The fourth-order valence-corrected chi connectivity index (χ4v) is 4.70. The molecule has 18 heteroatoms. The summed E-state index contributed by atoms with van der Waals surface area (Å²) in [4.78, 5) is 51.8. The van der Waals surface area contributed by atoms with Crippen LogP contribution in [0.15, 0.2) is 32.8 Å². The van der Waals surface area contributed by atoms with E-state index in [2.05, 4.69) is 9.97 Å². The molecule has 0 aromatic carbocycles. The summed E-state index contributed by atoms with van der Waals surface area (Å²) in [5, 5.41) is 19.9. The van der Waals surface area contributed by atoms with Gasteiger partial charge in [-0.25, -0.2) is 9.59 Å². The molecule has 9 N–H and O–H groups in total. The van der Waals surface area contributed by atoms with E-state index in [1.807, 2.05) is 0 Å². The van der Waals surface area contributed by atoms with Crippen LogP contribution in [0.25, 0.3) is 0 Å². The SMILES string of the molecule is Cc1cn([C@H]2C[C@H](O)[C@@H](COP(O)O[C@H]3C[C@H](n4ccc(N)nc4=O)O[C@@H]3CO)O2)c(=O)[nH]c1=O.N.[B]. The molecule has 2 aliphatic rings. The molecule has 2 aliphatic heterocycles. The molecule has 0 amide bonds. The summed E-state index contributed by atoms with van der Waals surface area (Å²) in [5.41, 5.74) is 3.99. The maximum absolute atomic E-state index is 12.1. The van der Waals surface area contributed by atoms with E-state index < -0.39 is 69.0 Å². The Morgan fingerprint density at radius 3 is 2.57 bits per heavy atom. The number of ether oxygens (including phenoxy) is 2. The van der Waals surface area contributed by atoms with Gasteiger partial charge in [-0.15, -0.1) is 0 Å². The van der Waals surface area contributed by atoms with Crippen molar-refractivity contribution in [2.75, 3.05) is 18.9 Å². The van der Waals surface area contributed by atoms with Crippen LogP contribution in [0, 0.1) is 6.92 Å². The zero-order chi connectivity index (χ0) is 25.3. The highest BCUT2D eigenvalue weighted by Gasteiger charge is 2.40. The average Bonchev–Trinajstić information content (AvgIpc) is 3.37. The Kier molecular flexibility index (Phi) is 10.7. The highest BCUT2D eigenvalue weighted by atomic mass is 31.2. The first-order chi connectivity index (χ1) is 16.7. The van der Waals surface area contributed by atoms with Crippen molar-refractivity contribution in [3.05, 3.63) is 55.3 Å². The average molecular weight is 543 g/mol. The van der Waals surface area contributed by atoms with Crippen LogP contribution in [0.3, 0.4) is 0 Å². The van der Waals surface area contributed by atoms with Crippen LogP contribution in [0.2, 0.25) is 0 Å². The number of aliphatic hydroxyl groups is 2. The molecule has 3 radical (unpaired) electrons. The second kappa shape index (κ2) is 12.9. The lowest BCUT2D eigenvalue weighted by molar-refractivity contribution is -0.0527. The van der Waals surface area contributed by atoms with Gasteiger partial charge in [0, 0.05) is 39.2 Å². The molecule has 2 saturated heterocycles. The van der Waals surface area contributed by atoms with Gasteiger partial charge in [0.15, 0.2) is 0 Å². The number of aromatic amines is 1. The molecule has 2 aromatic heterocycles. The van der Waals surface area contributed by atoms with Gasteiger partial charge in [0.25, 0.3) is 5.56 Å². The lowest BCUT2D eigenvalue weighted by Gasteiger charge is -2.21. The molecular formula is C19H29BN6O10P. The minimum absolute atomic E-state index is 0. The summed E-state index contributed by atoms with van der Waals surface area (Å²) in [7, 11) is -2.47. The first kappa shape index (κ1) is 30.8. The van der Waals surface area contributed by atoms with Gasteiger partial charge in [0.2, 0.25) is 0 Å². The molecule has 7 atom stereocenters. The van der Waals surface area contributed by atoms with Crippen LogP contribution in [0.5, 0.6) is 0 Å². The molecule has 203 valence electrons. The first-order valence-electron chi connectivity index (χ1n) is 10.7. The number of nitrogens with one attached hydrogen (secondary N) is 1. The third kappa shape index (κ3) is 6.90. The second-order valence-corrected chi connectivity index (χ2v) is 9.12. The van der Waals surface area contributed by atoms with E-state index in [0.29, 0.717) is 5.56 Å². The van der Waals surface area contributed by atoms with Crippen LogP contribution >= 0.6 is 8.60 Å². The zero-order valence-electron chi connectivity index (χ0n) is 19.9. The molecule has 37 heavy (non-hydrogen) atoms. The lowest BCUT2D eigenvalue weighted by Crippen LogP contribution is -2.33. The number of nitrogens with two attached hydrogens (primary N) is 1. The number of nitrogens with zero attached hydrogens (tertiary/aromatic N) is 3. The van der Waals surface area contributed by atoms with Gasteiger partial charge in [-0.3, -0.25) is 18.9 Å². The fourth-order valence-electron chi connectivity index (χ4n) is 3.91. The van der Waals surface area contributed by atoms with Gasteiger partial charge in [-0.2, -0.15) is 4.98 Å². The van der Waals surface area contributed by atoms with E-state index in [9.17, 15) is 29.5 Å². The van der Waals surface area contributed by atoms with E-state index in [4.69, 9.17) is 24.3 Å². The fraction of sp³-hybridized carbons (Fsp3) is 0.579. The molecule has 2 fully saturated rings. The lowest BCUT2D eigenvalue weighted by atomic mass is 10.2. The largest absolute Gasteiger partial charge is 0.394 e. The minimum Gasteiger partial charge on any atom is -0.394 e. The summed E-state index contributed by atoms with van der Waals surface area (Å²) in [6.45, 7) is 0.855. The topological polar surface area (TPSA) is 248 Å². The zero-order valence-corrected chi connectivity index (χ0v) is 20.8. The third-order valence-corrected chi connectivity index (χ3v) is 6.58. The molecule has 4 rings (SSSR count). The number of rotatable bonds is 8. The predicted octanol–water partition coefficient (Wildman–Crippen LogP) is -1.99. The summed E-state index contributed by atoms with van der Waals surface area (Å²) >= 11 is 0. The third-order valence-electron chi connectivity index (χ3n) is 5.76. The van der Waals surface area contributed by atoms with Crippen molar-refractivity contribution < 1.29 is 33.6 Å². The van der Waals surface area contributed by atoms with Gasteiger partial charge >= 0.3 is 20.0 Å². The summed E-state index contributed by atoms with van der Waals surface area (Å²) < 4.78 is 24.5. The Labute approximate surface area is 213 Å².